The highest BCUT2D eigenvalue weighted by Crippen LogP contribution is 2.27. The predicted octanol–water partition coefficient (Wildman–Crippen LogP) is 3.90. The fourth-order valence-electron chi connectivity index (χ4n) is 1.69. The number of nitrogens with zero attached hydrogens (tertiary/aromatic N) is 1. The first kappa shape index (κ1) is 13.3. The van der Waals surface area contributed by atoms with E-state index < -0.39 is 0 Å². The van der Waals surface area contributed by atoms with Crippen molar-refractivity contribution < 1.29 is 0 Å². The molecule has 1 unspecified atom stereocenters. The molecule has 0 bridgehead atoms. The van der Waals surface area contributed by atoms with E-state index in [1.165, 1.54) is 14.0 Å². The first-order valence-corrected chi connectivity index (χ1v) is 7.54. The number of likely N-dealkylation sites (N-methyl/N-ethyl adjacent to an activating group) is 1. The Morgan fingerprint density at radius 1 is 1.53 bits per heavy atom. The maximum atomic E-state index is 6.06. The van der Waals surface area contributed by atoms with Gasteiger partial charge >= 0.3 is 0 Å². The van der Waals surface area contributed by atoms with Gasteiger partial charge in [0.15, 0.2) is 0 Å². The minimum Gasteiger partial charge on any atom is -0.313 e. The molecule has 2 nitrogen and oxygen atoms in total. The Hall–Kier alpha value is -0.170. The van der Waals surface area contributed by atoms with E-state index in [9.17, 15) is 0 Å². The second-order valence-corrected chi connectivity index (χ2v) is 6.25. The highest BCUT2D eigenvalue weighted by molar-refractivity contribution is 14.1. The van der Waals surface area contributed by atoms with Crippen molar-refractivity contribution in [3.05, 3.63) is 48.9 Å². The molecule has 0 spiro atoms. The van der Waals surface area contributed by atoms with Gasteiger partial charge in [0, 0.05) is 32.1 Å². The zero-order valence-electron chi connectivity index (χ0n) is 9.28. The molecule has 0 saturated carbocycles. The SMILES string of the molecule is CNC(Cc1cncs1)c1cc(Cl)ccc1I. The normalized spacial score (nSPS) is 12.6. The van der Waals surface area contributed by atoms with Gasteiger partial charge in [0.2, 0.25) is 0 Å². The molecule has 0 saturated heterocycles. The lowest BCUT2D eigenvalue weighted by molar-refractivity contribution is 0.593. The summed E-state index contributed by atoms with van der Waals surface area (Å²) < 4.78 is 1.23. The summed E-state index contributed by atoms with van der Waals surface area (Å²) in [6, 6.07) is 6.29. The highest BCUT2D eigenvalue weighted by Gasteiger charge is 2.14. The van der Waals surface area contributed by atoms with Crippen molar-refractivity contribution >= 4 is 45.5 Å². The first-order valence-electron chi connectivity index (χ1n) is 5.20. The monoisotopic (exact) mass is 378 g/mol. The predicted molar refractivity (Wildman–Crippen MR) is 81.8 cm³/mol. The summed E-state index contributed by atoms with van der Waals surface area (Å²) in [5.41, 5.74) is 3.11. The third-order valence-electron chi connectivity index (χ3n) is 2.57. The Morgan fingerprint density at radius 2 is 2.35 bits per heavy atom. The molecule has 2 rings (SSSR count). The Labute approximate surface area is 124 Å². The van der Waals surface area contributed by atoms with Crippen molar-refractivity contribution in [3.63, 3.8) is 0 Å². The van der Waals surface area contributed by atoms with E-state index in [1.54, 1.807) is 11.3 Å². The van der Waals surface area contributed by atoms with Crippen molar-refractivity contribution in [3.8, 4) is 0 Å². The third-order valence-corrected chi connectivity index (χ3v) is 4.59. The van der Waals surface area contributed by atoms with Gasteiger partial charge in [-0.25, -0.2) is 0 Å². The van der Waals surface area contributed by atoms with E-state index in [4.69, 9.17) is 11.6 Å². The number of thiazole rings is 1. The summed E-state index contributed by atoms with van der Waals surface area (Å²) in [4.78, 5) is 5.38. The fourth-order valence-corrected chi connectivity index (χ4v) is 3.23. The minimum absolute atomic E-state index is 0.279. The van der Waals surface area contributed by atoms with Crippen LogP contribution in [-0.2, 0) is 6.42 Å². The van der Waals surface area contributed by atoms with Gasteiger partial charge in [0.05, 0.1) is 5.51 Å². The Kier molecular flexibility index (Phi) is 4.78. The molecule has 0 amide bonds. The molecule has 2 aromatic rings. The molecular formula is C12H12ClIN2S. The van der Waals surface area contributed by atoms with Crippen LogP contribution >= 0.6 is 45.5 Å². The van der Waals surface area contributed by atoms with Gasteiger partial charge < -0.3 is 5.32 Å². The molecule has 1 aromatic heterocycles. The third kappa shape index (κ3) is 3.40. The number of benzene rings is 1. The molecule has 0 aliphatic heterocycles. The van der Waals surface area contributed by atoms with Crippen LogP contribution in [0.5, 0.6) is 0 Å². The van der Waals surface area contributed by atoms with E-state index in [2.05, 4.69) is 39.0 Å². The summed E-state index contributed by atoms with van der Waals surface area (Å²) in [6.45, 7) is 0. The van der Waals surface area contributed by atoms with Gasteiger partial charge in [0.25, 0.3) is 0 Å². The molecule has 17 heavy (non-hydrogen) atoms. The van der Waals surface area contributed by atoms with Crippen molar-refractivity contribution in [2.24, 2.45) is 0 Å². The van der Waals surface area contributed by atoms with E-state index in [1.807, 2.05) is 30.9 Å². The quantitative estimate of drug-likeness (QED) is 0.816. The number of nitrogens with one attached hydrogen (secondary N) is 1. The van der Waals surface area contributed by atoms with Crippen molar-refractivity contribution in [2.45, 2.75) is 12.5 Å². The van der Waals surface area contributed by atoms with Crippen LogP contribution in [0, 0.1) is 3.57 Å². The van der Waals surface area contributed by atoms with Gasteiger partial charge in [-0.3, -0.25) is 4.98 Å². The molecule has 90 valence electrons. The van der Waals surface area contributed by atoms with Crippen LogP contribution in [0.15, 0.2) is 29.9 Å². The summed E-state index contributed by atoms with van der Waals surface area (Å²) in [5, 5.41) is 4.12. The van der Waals surface area contributed by atoms with Gasteiger partial charge in [-0.1, -0.05) is 11.6 Å². The van der Waals surface area contributed by atoms with Crippen molar-refractivity contribution in [1.82, 2.24) is 10.3 Å². The summed E-state index contributed by atoms with van der Waals surface area (Å²) in [7, 11) is 1.97. The zero-order chi connectivity index (χ0) is 12.3. The molecule has 1 N–H and O–H groups in total. The lowest BCUT2D eigenvalue weighted by Gasteiger charge is -2.17. The van der Waals surface area contributed by atoms with Crippen LogP contribution in [0.4, 0.5) is 0 Å². The van der Waals surface area contributed by atoms with Crippen LogP contribution in [0.25, 0.3) is 0 Å². The molecule has 1 aromatic carbocycles. The fraction of sp³-hybridized carbons (Fsp3) is 0.250. The van der Waals surface area contributed by atoms with Gasteiger partial charge in [-0.15, -0.1) is 11.3 Å². The van der Waals surface area contributed by atoms with Crippen molar-refractivity contribution in [2.75, 3.05) is 7.05 Å². The van der Waals surface area contributed by atoms with Crippen LogP contribution in [-0.4, -0.2) is 12.0 Å². The van der Waals surface area contributed by atoms with Gasteiger partial charge in [-0.05, 0) is 53.4 Å². The van der Waals surface area contributed by atoms with Crippen LogP contribution in [0.3, 0.4) is 0 Å². The maximum absolute atomic E-state index is 6.06. The summed E-state index contributed by atoms with van der Waals surface area (Å²) in [6.07, 6.45) is 2.87. The van der Waals surface area contributed by atoms with E-state index >= 15 is 0 Å². The van der Waals surface area contributed by atoms with Gasteiger partial charge in [0.1, 0.15) is 0 Å². The average molecular weight is 379 g/mol. The Bertz CT molecular complexity index is 487. The molecule has 0 radical (unpaired) electrons. The highest BCUT2D eigenvalue weighted by atomic mass is 127. The molecule has 0 aliphatic rings. The second kappa shape index (κ2) is 6.13. The number of halogens is 2. The zero-order valence-corrected chi connectivity index (χ0v) is 13.0. The second-order valence-electron chi connectivity index (χ2n) is 3.68. The molecular weight excluding hydrogens is 367 g/mol. The maximum Gasteiger partial charge on any atom is 0.0794 e. The number of aromatic nitrogens is 1. The topological polar surface area (TPSA) is 24.9 Å². The van der Waals surface area contributed by atoms with Crippen molar-refractivity contribution in [1.29, 1.82) is 0 Å². The lowest BCUT2D eigenvalue weighted by atomic mass is 10.0. The minimum atomic E-state index is 0.279. The number of rotatable bonds is 4. The van der Waals surface area contributed by atoms with Crippen LogP contribution < -0.4 is 5.32 Å². The lowest BCUT2D eigenvalue weighted by Crippen LogP contribution is -2.19. The van der Waals surface area contributed by atoms with Crippen LogP contribution in [0.1, 0.15) is 16.5 Å². The van der Waals surface area contributed by atoms with E-state index in [-0.39, 0.29) is 6.04 Å². The number of hydrogen-bond acceptors (Lipinski definition) is 3. The molecule has 0 fully saturated rings. The molecule has 1 heterocycles. The standard InChI is InChI=1S/C12H12ClIN2S/c1-15-12(5-9-6-16-7-17-9)10-4-8(13)2-3-11(10)14/h2-4,6-7,12,15H,5H2,1H3. The molecule has 1 atom stereocenters. The van der Waals surface area contributed by atoms with Crippen LogP contribution in [0.2, 0.25) is 5.02 Å². The largest absolute Gasteiger partial charge is 0.313 e. The average Bonchev–Trinajstić information content (AvgIpc) is 2.82. The van der Waals surface area contributed by atoms with E-state index in [0.717, 1.165) is 11.4 Å². The molecule has 5 heteroatoms. The summed E-state index contributed by atoms with van der Waals surface area (Å²) in [5.74, 6) is 0. The number of hydrogen-bond donors (Lipinski definition) is 1. The van der Waals surface area contributed by atoms with E-state index in [0.29, 0.717) is 0 Å². The Balaban J connectivity index is 2.25. The summed E-state index contributed by atoms with van der Waals surface area (Å²) >= 11 is 10.1. The first-order chi connectivity index (χ1) is 8.20. The van der Waals surface area contributed by atoms with Gasteiger partial charge in [-0.2, -0.15) is 0 Å². The molecule has 0 aliphatic carbocycles. The smallest absolute Gasteiger partial charge is 0.0794 e. The Morgan fingerprint density at radius 3 is 3.00 bits per heavy atom.